The molecule has 0 heterocycles. The van der Waals surface area contributed by atoms with Crippen molar-refractivity contribution in [1.82, 2.24) is 4.90 Å². The van der Waals surface area contributed by atoms with Crippen molar-refractivity contribution < 1.29 is 19.1 Å². The molecular formula is C15H24ClNO4. The predicted octanol–water partition coefficient (Wildman–Crippen LogP) is 4.07. The maximum Gasteiger partial charge on any atom is 0.420 e. The number of ether oxygens (including phenoxy) is 2. The number of nitrogens with zero attached hydrogens (tertiary/aromatic N) is 1. The van der Waals surface area contributed by atoms with Gasteiger partial charge in [0.15, 0.2) is 0 Å². The first kappa shape index (κ1) is 16.4. The van der Waals surface area contributed by atoms with E-state index in [1.807, 2.05) is 0 Å². The molecule has 6 heteroatoms. The van der Waals surface area contributed by atoms with Crippen molar-refractivity contribution in [3.63, 3.8) is 0 Å². The van der Waals surface area contributed by atoms with E-state index in [4.69, 9.17) is 21.1 Å². The zero-order valence-corrected chi connectivity index (χ0v) is 14.3. The lowest BCUT2D eigenvalue weighted by molar-refractivity contribution is -0.117. The third-order valence-electron chi connectivity index (χ3n) is 3.56. The number of hydrogen-bond donors (Lipinski definition) is 0. The van der Waals surface area contributed by atoms with Gasteiger partial charge in [0.05, 0.1) is 10.4 Å². The van der Waals surface area contributed by atoms with Crippen molar-refractivity contribution in [3.05, 3.63) is 0 Å². The number of carbonyl (C=O) groups is 2. The van der Waals surface area contributed by atoms with Crippen LogP contribution in [0.4, 0.5) is 9.59 Å². The topological polar surface area (TPSA) is 55.8 Å². The lowest BCUT2D eigenvalue weighted by Gasteiger charge is -2.69. The Bertz CT molecular complexity index is 427. The Balaban J connectivity index is 2.16. The predicted molar refractivity (Wildman–Crippen MR) is 79.5 cm³/mol. The largest absolute Gasteiger partial charge is 0.443 e. The Kier molecular flexibility index (Phi) is 3.52. The third kappa shape index (κ3) is 3.28. The molecule has 21 heavy (non-hydrogen) atoms. The first-order valence-corrected chi connectivity index (χ1v) is 7.58. The number of alkyl halides is 1. The summed E-state index contributed by atoms with van der Waals surface area (Å²) < 4.78 is 10.7. The van der Waals surface area contributed by atoms with Gasteiger partial charge in [-0.1, -0.05) is 0 Å². The van der Waals surface area contributed by atoms with Crippen LogP contribution in [-0.2, 0) is 9.47 Å². The van der Waals surface area contributed by atoms with Gasteiger partial charge < -0.3 is 9.47 Å². The van der Waals surface area contributed by atoms with Crippen molar-refractivity contribution in [3.8, 4) is 0 Å². The lowest BCUT2D eigenvalue weighted by atomic mass is 9.48. The Hall–Kier alpha value is -0.970. The van der Waals surface area contributed by atoms with Gasteiger partial charge in [0.1, 0.15) is 11.2 Å². The third-order valence-corrected chi connectivity index (χ3v) is 3.96. The molecule has 0 N–H and O–H groups in total. The van der Waals surface area contributed by atoms with Crippen molar-refractivity contribution >= 4 is 23.8 Å². The summed E-state index contributed by atoms with van der Waals surface area (Å²) in [5.74, 6) is 0. The fraction of sp³-hybridized carbons (Fsp3) is 0.867. The molecule has 0 spiro atoms. The van der Waals surface area contributed by atoms with Crippen molar-refractivity contribution in [2.75, 3.05) is 0 Å². The van der Waals surface area contributed by atoms with Gasteiger partial charge in [0.2, 0.25) is 0 Å². The van der Waals surface area contributed by atoms with Gasteiger partial charge in [0, 0.05) is 0 Å². The van der Waals surface area contributed by atoms with Crippen LogP contribution in [0.2, 0.25) is 0 Å². The Morgan fingerprint density at radius 1 is 0.905 bits per heavy atom. The van der Waals surface area contributed by atoms with Gasteiger partial charge >= 0.3 is 12.2 Å². The minimum Gasteiger partial charge on any atom is -0.443 e. The van der Waals surface area contributed by atoms with E-state index in [2.05, 4.69) is 0 Å². The van der Waals surface area contributed by atoms with Gasteiger partial charge in [-0.15, -0.1) is 11.6 Å². The number of imide groups is 1. The normalized spacial score (nSPS) is 30.8. The number of carbonyl (C=O) groups excluding carboxylic acids is 2. The van der Waals surface area contributed by atoms with Crippen LogP contribution in [0.25, 0.3) is 0 Å². The van der Waals surface area contributed by atoms with Gasteiger partial charge in [-0.25, -0.2) is 14.5 Å². The van der Waals surface area contributed by atoms with Crippen LogP contribution in [-0.4, -0.2) is 38.7 Å². The van der Waals surface area contributed by atoms with Crippen molar-refractivity contribution in [1.29, 1.82) is 0 Å². The van der Waals surface area contributed by atoms with E-state index in [1.165, 1.54) is 0 Å². The highest BCUT2D eigenvalue weighted by Gasteiger charge is 2.73. The quantitative estimate of drug-likeness (QED) is 0.684. The van der Waals surface area contributed by atoms with E-state index in [-0.39, 0.29) is 4.87 Å². The average molecular weight is 318 g/mol. The van der Waals surface area contributed by atoms with Crippen LogP contribution in [0.15, 0.2) is 0 Å². The summed E-state index contributed by atoms with van der Waals surface area (Å²) in [4.78, 5) is 25.7. The maximum absolute atomic E-state index is 12.4. The summed E-state index contributed by atoms with van der Waals surface area (Å²) in [6.07, 6.45) is 0.519. The van der Waals surface area contributed by atoms with Crippen LogP contribution in [0.1, 0.15) is 60.8 Å². The van der Waals surface area contributed by atoms with Crippen LogP contribution < -0.4 is 0 Å². The molecule has 5 nitrogen and oxygen atoms in total. The van der Waals surface area contributed by atoms with E-state index in [0.29, 0.717) is 19.3 Å². The zero-order chi connectivity index (χ0) is 16.3. The minimum absolute atomic E-state index is 0.248. The van der Waals surface area contributed by atoms with Crippen molar-refractivity contribution in [2.24, 2.45) is 0 Å². The zero-order valence-electron chi connectivity index (χ0n) is 13.6. The van der Waals surface area contributed by atoms with Gasteiger partial charge in [0.25, 0.3) is 0 Å². The molecule has 0 aromatic carbocycles. The van der Waals surface area contributed by atoms with E-state index in [1.54, 1.807) is 41.5 Å². The Labute approximate surface area is 130 Å². The highest BCUT2D eigenvalue weighted by Crippen LogP contribution is 2.67. The van der Waals surface area contributed by atoms with Crippen molar-refractivity contribution in [2.45, 2.75) is 82.4 Å². The SMILES string of the molecule is CC(C)(C)OC(=O)N(C(=O)OC(C)(C)C)C12CC(Cl)(C1)C2. The Morgan fingerprint density at radius 3 is 1.48 bits per heavy atom. The van der Waals surface area contributed by atoms with Crippen LogP contribution >= 0.6 is 11.6 Å². The molecule has 0 aromatic rings. The minimum atomic E-state index is -0.667. The molecule has 2 amide bonds. The number of rotatable bonds is 1. The fourth-order valence-corrected chi connectivity index (χ4v) is 3.67. The molecule has 0 radical (unpaired) electrons. The molecule has 2 bridgehead atoms. The monoisotopic (exact) mass is 317 g/mol. The molecule has 120 valence electrons. The first-order valence-electron chi connectivity index (χ1n) is 7.21. The summed E-state index contributed by atoms with van der Waals surface area (Å²) in [6, 6.07) is 0. The summed E-state index contributed by atoms with van der Waals surface area (Å²) in [5.41, 5.74) is -1.86. The lowest BCUT2D eigenvalue weighted by Crippen LogP contribution is -2.78. The van der Waals surface area contributed by atoms with Crippen LogP contribution in [0.3, 0.4) is 0 Å². The molecule has 3 saturated carbocycles. The smallest absolute Gasteiger partial charge is 0.420 e. The summed E-state index contributed by atoms with van der Waals surface area (Å²) in [6.45, 7) is 10.6. The van der Waals surface area contributed by atoms with E-state index >= 15 is 0 Å². The summed E-state index contributed by atoms with van der Waals surface area (Å²) in [5, 5.41) is 0. The maximum atomic E-state index is 12.4. The highest BCUT2D eigenvalue weighted by atomic mass is 35.5. The van der Waals surface area contributed by atoms with Gasteiger partial charge in [-0.05, 0) is 60.8 Å². The average Bonchev–Trinajstić information content (AvgIpc) is 2.06. The second-order valence-corrected chi connectivity index (χ2v) is 9.00. The molecular weight excluding hydrogens is 294 g/mol. The first-order chi connectivity index (χ1) is 9.25. The standard InChI is InChI=1S/C15H24ClNO4/c1-12(2,3)20-10(18)17(11(19)21-13(4,5)6)15-7-14(16,8-15)9-15/h7-9H2,1-6H3. The molecule has 3 fully saturated rings. The molecule has 0 saturated heterocycles. The molecule has 3 aliphatic rings. The van der Waals surface area contributed by atoms with Crippen LogP contribution in [0, 0.1) is 0 Å². The molecule has 0 aliphatic heterocycles. The molecule has 0 aromatic heterocycles. The second kappa shape index (κ2) is 4.51. The number of amides is 2. The van der Waals surface area contributed by atoms with Gasteiger partial charge in [-0.2, -0.15) is 0 Å². The van der Waals surface area contributed by atoms with E-state index in [0.717, 1.165) is 4.90 Å². The Morgan fingerprint density at radius 2 is 1.24 bits per heavy atom. The van der Waals surface area contributed by atoms with E-state index < -0.39 is 28.9 Å². The summed E-state index contributed by atoms with van der Waals surface area (Å²) in [7, 11) is 0. The van der Waals surface area contributed by atoms with E-state index in [9.17, 15) is 9.59 Å². The fourth-order valence-electron chi connectivity index (χ4n) is 2.93. The summed E-state index contributed by atoms with van der Waals surface area (Å²) >= 11 is 6.25. The molecule has 3 aliphatic carbocycles. The molecule has 0 atom stereocenters. The second-order valence-electron chi connectivity index (χ2n) is 8.20. The highest BCUT2D eigenvalue weighted by molar-refractivity contribution is 6.26. The van der Waals surface area contributed by atoms with Crippen LogP contribution in [0.5, 0.6) is 0 Å². The number of hydrogen-bond acceptors (Lipinski definition) is 4. The number of halogens is 1. The molecule has 0 unspecified atom stereocenters. The molecule has 3 rings (SSSR count). The van der Waals surface area contributed by atoms with Gasteiger partial charge in [-0.3, -0.25) is 0 Å².